The minimum Gasteiger partial charge on any atom is -0.508 e. The second kappa shape index (κ2) is 4.06. The molecule has 0 bridgehead atoms. The van der Waals surface area contributed by atoms with Gasteiger partial charge in [-0.1, -0.05) is 30.3 Å². The lowest BCUT2D eigenvalue weighted by atomic mass is 10.1. The van der Waals surface area contributed by atoms with Gasteiger partial charge in [0.25, 0.3) is 0 Å². The van der Waals surface area contributed by atoms with Gasteiger partial charge in [0.05, 0.1) is 5.56 Å². The highest BCUT2D eigenvalue weighted by Gasteiger charge is 2.13. The summed E-state index contributed by atoms with van der Waals surface area (Å²) in [5.74, 6) is -0.547. The van der Waals surface area contributed by atoms with Crippen molar-refractivity contribution in [3.63, 3.8) is 0 Å². The van der Waals surface area contributed by atoms with Crippen molar-refractivity contribution in [3.05, 3.63) is 59.7 Å². The molecule has 0 heterocycles. The molecule has 0 saturated carbocycles. The molecule has 2 aromatic rings. The zero-order valence-corrected chi connectivity index (χ0v) is 8.42. The third-order valence-corrected chi connectivity index (χ3v) is 2.26. The molecule has 0 saturated heterocycles. The first-order chi connectivity index (χ1) is 7.68. The molecular formula is C13H10O3. The Morgan fingerprint density at radius 3 is 2.25 bits per heavy atom. The van der Waals surface area contributed by atoms with E-state index in [-0.39, 0.29) is 22.8 Å². The molecule has 3 nitrogen and oxygen atoms in total. The standard InChI is InChI=1S/C13H10O3/c14-10-6-7-11(12(15)8-10)13(16)9-4-2-1-3-5-9/h1-8,14-15H/i1+1,2+1,3+1,4+1,5+1,9+1. The zero-order chi connectivity index (χ0) is 11.5. The van der Waals surface area contributed by atoms with Gasteiger partial charge in [0.15, 0.2) is 5.78 Å². The molecule has 0 unspecified atom stereocenters. The maximum Gasteiger partial charge on any atom is 0.196 e. The summed E-state index contributed by atoms with van der Waals surface area (Å²) in [5, 5.41) is 18.7. The maximum absolute atomic E-state index is 11.9. The van der Waals surface area contributed by atoms with Gasteiger partial charge in [0, 0.05) is 11.6 Å². The van der Waals surface area contributed by atoms with Gasteiger partial charge >= 0.3 is 0 Å². The number of hydrogen-bond donors (Lipinski definition) is 2. The number of carbonyl (C=O) groups is 1. The molecule has 0 aliphatic heterocycles. The van der Waals surface area contributed by atoms with E-state index >= 15 is 0 Å². The van der Waals surface area contributed by atoms with Gasteiger partial charge in [0.1, 0.15) is 11.5 Å². The molecule has 0 spiro atoms. The molecular weight excluding hydrogens is 210 g/mol. The molecule has 2 aromatic carbocycles. The fourth-order valence-corrected chi connectivity index (χ4v) is 1.46. The molecule has 2 N–H and O–H groups in total. The molecule has 80 valence electrons. The number of benzene rings is 2. The summed E-state index contributed by atoms with van der Waals surface area (Å²) in [7, 11) is 0. The van der Waals surface area contributed by atoms with Gasteiger partial charge in [-0.3, -0.25) is 4.79 Å². The Labute approximate surface area is 92.6 Å². The van der Waals surface area contributed by atoms with Crippen LogP contribution in [0.5, 0.6) is 11.5 Å². The van der Waals surface area contributed by atoms with Crippen LogP contribution in [0.1, 0.15) is 15.9 Å². The van der Waals surface area contributed by atoms with Crippen molar-refractivity contribution >= 4 is 5.78 Å². The van der Waals surface area contributed by atoms with E-state index in [1.807, 2.05) is 6.07 Å². The van der Waals surface area contributed by atoms with Crippen LogP contribution in [0.15, 0.2) is 48.5 Å². The van der Waals surface area contributed by atoms with Crippen LogP contribution in [0.3, 0.4) is 0 Å². The third-order valence-electron chi connectivity index (χ3n) is 2.26. The summed E-state index contributed by atoms with van der Waals surface area (Å²) in [4.78, 5) is 11.9. The third kappa shape index (κ3) is 1.88. The van der Waals surface area contributed by atoms with Gasteiger partial charge in [-0.2, -0.15) is 0 Å². The lowest BCUT2D eigenvalue weighted by molar-refractivity contribution is 0.103. The molecule has 0 atom stereocenters. The van der Waals surface area contributed by atoms with Crippen molar-refractivity contribution in [2.45, 2.75) is 0 Å². The first-order valence-electron chi connectivity index (χ1n) is 4.80. The number of phenols is 2. The lowest BCUT2D eigenvalue weighted by Gasteiger charge is -2.04. The van der Waals surface area contributed by atoms with E-state index in [2.05, 4.69) is 0 Å². The van der Waals surface area contributed by atoms with Gasteiger partial charge in [-0.05, 0) is 12.1 Å². The van der Waals surface area contributed by atoms with Crippen LogP contribution < -0.4 is 0 Å². The topological polar surface area (TPSA) is 57.5 Å². The Bertz CT molecular complexity index is 518. The quantitative estimate of drug-likeness (QED) is 0.763. The Morgan fingerprint density at radius 2 is 1.62 bits per heavy atom. The minimum atomic E-state index is -0.266. The highest BCUT2D eigenvalue weighted by Crippen LogP contribution is 2.24. The van der Waals surface area contributed by atoms with Crippen molar-refractivity contribution in [2.24, 2.45) is 0 Å². The van der Waals surface area contributed by atoms with Crippen molar-refractivity contribution in [1.29, 1.82) is 0 Å². The normalized spacial score (nSPS) is 10.0. The van der Waals surface area contributed by atoms with E-state index in [9.17, 15) is 9.90 Å². The SMILES string of the molecule is O=C(c1ccc(O)cc1O)[13c]1[13cH][13cH][13cH][13cH][13cH]1. The number of carbonyl (C=O) groups excluding carboxylic acids is 1. The van der Waals surface area contributed by atoms with E-state index in [4.69, 9.17) is 5.11 Å². The van der Waals surface area contributed by atoms with Crippen LogP contribution in [-0.2, 0) is 0 Å². The summed E-state index contributed by atoms with van der Waals surface area (Å²) in [6, 6.07) is 12.6. The predicted molar refractivity (Wildman–Crippen MR) is 59.6 cm³/mol. The summed E-state index contributed by atoms with van der Waals surface area (Å²) >= 11 is 0. The largest absolute Gasteiger partial charge is 0.508 e. The van der Waals surface area contributed by atoms with Gasteiger partial charge in [-0.15, -0.1) is 0 Å². The van der Waals surface area contributed by atoms with E-state index in [1.165, 1.54) is 12.1 Å². The Morgan fingerprint density at radius 1 is 0.938 bits per heavy atom. The number of hydrogen-bond acceptors (Lipinski definition) is 3. The number of phenolic OH excluding ortho intramolecular Hbond substituents is 2. The highest BCUT2D eigenvalue weighted by atomic mass is 16.3. The first-order valence-corrected chi connectivity index (χ1v) is 4.80. The average molecular weight is 220 g/mol. The van der Waals surface area contributed by atoms with Crippen molar-refractivity contribution in [3.8, 4) is 11.5 Å². The lowest BCUT2D eigenvalue weighted by Crippen LogP contribution is -2.00. The van der Waals surface area contributed by atoms with E-state index in [0.29, 0.717) is 5.56 Å². The van der Waals surface area contributed by atoms with Crippen LogP contribution >= 0.6 is 0 Å². The predicted octanol–water partition coefficient (Wildman–Crippen LogP) is 2.33. The molecule has 0 radical (unpaired) electrons. The fourth-order valence-electron chi connectivity index (χ4n) is 1.46. The van der Waals surface area contributed by atoms with Crippen molar-refractivity contribution < 1.29 is 15.0 Å². The second-order valence-electron chi connectivity index (χ2n) is 3.40. The molecule has 0 aliphatic rings. The highest BCUT2D eigenvalue weighted by molar-refractivity contribution is 6.10. The summed E-state index contributed by atoms with van der Waals surface area (Å²) in [5.41, 5.74) is 0.687. The second-order valence-corrected chi connectivity index (χ2v) is 3.40. The smallest absolute Gasteiger partial charge is 0.196 e. The minimum absolute atomic E-state index is 0.0675. The molecule has 0 fully saturated rings. The number of ketones is 1. The molecule has 0 aromatic heterocycles. The summed E-state index contributed by atoms with van der Waals surface area (Å²) in [6.07, 6.45) is 0. The van der Waals surface area contributed by atoms with Crippen LogP contribution in [0.2, 0.25) is 0 Å². The number of rotatable bonds is 2. The van der Waals surface area contributed by atoms with Gasteiger partial charge in [0.2, 0.25) is 0 Å². The van der Waals surface area contributed by atoms with Crippen molar-refractivity contribution in [2.75, 3.05) is 0 Å². The summed E-state index contributed by atoms with van der Waals surface area (Å²) < 4.78 is 0. The Kier molecular flexibility index (Phi) is 2.60. The summed E-state index contributed by atoms with van der Waals surface area (Å²) in [6.45, 7) is 0. The molecule has 3 heteroatoms. The monoisotopic (exact) mass is 220 g/mol. The van der Waals surface area contributed by atoms with Crippen LogP contribution in [0, 0.1) is 0 Å². The molecule has 2 rings (SSSR count). The van der Waals surface area contributed by atoms with Crippen molar-refractivity contribution in [1.82, 2.24) is 0 Å². The first kappa shape index (κ1) is 10.2. The van der Waals surface area contributed by atoms with Crippen LogP contribution in [0.25, 0.3) is 0 Å². The van der Waals surface area contributed by atoms with E-state index < -0.39 is 0 Å². The molecule has 16 heavy (non-hydrogen) atoms. The Hall–Kier alpha value is -2.29. The maximum atomic E-state index is 11.9. The molecule has 0 amide bonds. The van der Waals surface area contributed by atoms with E-state index in [0.717, 1.165) is 6.07 Å². The van der Waals surface area contributed by atoms with Crippen LogP contribution in [-0.4, -0.2) is 16.0 Å². The molecule has 0 aliphatic carbocycles. The van der Waals surface area contributed by atoms with Gasteiger partial charge < -0.3 is 10.2 Å². The van der Waals surface area contributed by atoms with Gasteiger partial charge in [-0.25, -0.2) is 0 Å². The zero-order valence-electron chi connectivity index (χ0n) is 8.42. The Balaban J connectivity index is 2.42. The average Bonchev–Trinajstić information content (AvgIpc) is 2.29. The number of aromatic hydroxyl groups is 2. The van der Waals surface area contributed by atoms with Crippen LogP contribution in [0.4, 0.5) is 0 Å². The van der Waals surface area contributed by atoms with E-state index in [1.54, 1.807) is 24.3 Å². The fraction of sp³-hybridized carbons (Fsp3) is 0.